The molecule has 0 saturated carbocycles. The van der Waals surface area contributed by atoms with Crippen LogP contribution < -0.4 is 0 Å². The van der Waals surface area contributed by atoms with Gasteiger partial charge in [0.2, 0.25) is 0 Å². The minimum atomic E-state index is -4.78. The summed E-state index contributed by atoms with van der Waals surface area (Å²) in [5.74, 6) is -1.65. The minimum absolute atomic E-state index is 0.0448. The predicted octanol–water partition coefficient (Wildman–Crippen LogP) is 14.5. The van der Waals surface area contributed by atoms with E-state index in [1.807, 2.05) is 30.4 Å². The Balaban J connectivity index is 4.92. The average molecular weight is 969 g/mol. The average Bonchev–Trinajstić information content (AvgIpc) is 3.32. The number of phosphoric acid groups is 1. The largest absolute Gasteiger partial charge is 0.472 e. The van der Waals surface area contributed by atoms with E-state index in [1.165, 1.54) is 12.8 Å². The van der Waals surface area contributed by atoms with E-state index in [1.54, 1.807) is 0 Å². The van der Waals surface area contributed by atoms with E-state index in [0.717, 1.165) is 96.3 Å². The second-order valence-electron chi connectivity index (χ2n) is 16.2. The molecule has 0 amide bonds. The van der Waals surface area contributed by atoms with Crippen LogP contribution in [0.15, 0.2) is 122 Å². The fraction of sp³-hybridized carbons (Fsp3) is 0.589. The second kappa shape index (κ2) is 49.3. The molecule has 0 heterocycles. The molecule has 0 rings (SSSR count). The molecule has 0 saturated heterocycles. The number of ether oxygens (including phenoxy) is 3. The lowest BCUT2D eigenvalue weighted by molar-refractivity contribution is -0.161. The van der Waals surface area contributed by atoms with Crippen molar-refractivity contribution in [1.29, 1.82) is 0 Å². The number of unbranched alkanes of at least 4 members (excludes halogenated alkanes) is 8. The first-order chi connectivity index (χ1) is 33.2. The maximum absolute atomic E-state index is 12.8. The highest BCUT2D eigenvalue weighted by Gasteiger charge is 2.28. The van der Waals surface area contributed by atoms with Crippen molar-refractivity contribution >= 4 is 25.7 Å². The molecule has 0 aromatic carbocycles. The second-order valence-corrected chi connectivity index (χ2v) is 17.7. The van der Waals surface area contributed by atoms with Crippen LogP contribution in [0.5, 0.6) is 0 Å². The number of rotatable bonds is 45. The van der Waals surface area contributed by atoms with Gasteiger partial charge < -0.3 is 24.2 Å². The summed E-state index contributed by atoms with van der Waals surface area (Å²) in [4.78, 5) is 48.2. The highest BCUT2D eigenvalue weighted by atomic mass is 31.2. The number of hydrogen-bond donors (Lipinski definition) is 2. The lowest BCUT2D eigenvalue weighted by Crippen LogP contribution is -2.30. The molecule has 12 heteroatoms. The molecule has 0 spiro atoms. The van der Waals surface area contributed by atoms with Crippen LogP contribution in [0.1, 0.15) is 175 Å². The summed E-state index contributed by atoms with van der Waals surface area (Å²) in [6.45, 7) is 4.17. The van der Waals surface area contributed by atoms with Gasteiger partial charge in [0.25, 0.3) is 0 Å². The number of aliphatic hydroxyl groups is 1. The smallest absolute Gasteiger partial charge is 0.462 e. The number of carbonyl (C=O) groups excluding carboxylic acids is 3. The Hall–Kier alpha value is -4.12. The molecule has 0 fully saturated rings. The van der Waals surface area contributed by atoms with Gasteiger partial charge >= 0.3 is 25.7 Å². The van der Waals surface area contributed by atoms with Crippen LogP contribution in [0.2, 0.25) is 0 Å². The van der Waals surface area contributed by atoms with Gasteiger partial charge in [0, 0.05) is 19.3 Å². The first-order valence-corrected chi connectivity index (χ1v) is 26.9. The fourth-order valence-electron chi connectivity index (χ4n) is 6.03. The molecule has 0 aliphatic heterocycles. The Labute approximate surface area is 411 Å². The topological polar surface area (TPSA) is 155 Å². The first-order valence-electron chi connectivity index (χ1n) is 25.4. The minimum Gasteiger partial charge on any atom is -0.462 e. The van der Waals surface area contributed by atoms with Gasteiger partial charge in [0.15, 0.2) is 6.10 Å². The van der Waals surface area contributed by atoms with E-state index in [0.29, 0.717) is 25.7 Å². The SMILES string of the molecule is CC/C=C\C/C=C\C/C=C\C/C=C\C/C=C\CCCC(=O)OC(COC(=O)CCCCCCC/C=C\CCCC)COP(=O)(O)OCC(CO)OC(=O)CC/C=C\C/C=C\C/C=C\C/C=C\CC. The maximum Gasteiger partial charge on any atom is 0.472 e. The van der Waals surface area contributed by atoms with Gasteiger partial charge in [-0.15, -0.1) is 0 Å². The highest BCUT2D eigenvalue weighted by Crippen LogP contribution is 2.43. The summed E-state index contributed by atoms with van der Waals surface area (Å²) in [6.07, 6.45) is 59.1. The van der Waals surface area contributed by atoms with Gasteiger partial charge in [-0.3, -0.25) is 23.4 Å². The van der Waals surface area contributed by atoms with Crippen LogP contribution in [0.25, 0.3) is 0 Å². The van der Waals surface area contributed by atoms with Gasteiger partial charge in [0.05, 0.1) is 19.8 Å². The van der Waals surface area contributed by atoms with Gasteiger partial charge in [-0.05, 0) is 103 Å². The predicted molar refractivity (Wildman–Crippen MR) is 279 cm³/mol. The lowest BCUT2D eigenvalue weighted by atomic mass is 10.1. The van der Waals surface area contributed by atoms with Gasteiger partial charge in [-0.25, -0.2) is 4.57 Å². The number of esters is 3. The zero-order valence-corrected chi connectivity index (χ0v) is 42.9. The number of phosphoric ester groups is 1. The Kier molecular flexibility index (Phi) is 46.3. The maximum atomic E-state index is 12.8. The van der Waals surface area contributed by atoms with Crippen LogP contribution in [-0.2, 0) is 42.2 Å². The molecule has 11 nitrogen and oxygen atoms in total. The van der Waals surface area contributed by atoms with Gasteiger partial charge in [-0.1, -0.05) is 174 Å². The van der Waals surface area contributed by atoms with Crippen LogP contribution in [0.4, 0.5) is 0 Å². The molecule has 3 atom stereocenters. The molecule has 3 unspecified atom stereocenters. The summed E-state index contributed by atoms with van der Waals surface area (Å²) in [5.41, 5.74) is 0. The summed E-state index contributed by atoms with van der Waals surface area (Å²) in [7, 11) is -4.78. The van der Waals surface area contributed by atoms with Crippen molar-refractivity contribution in [3.05, 3.63) is 122 Å². The number of aliphatic hydroxyl groups excluding tert-OH is 1. The molecular weight excluding hydrogens is 880 g/mol. The van der Waals surface area contributed by atoms with Crippen molar-refractivity contribution in [2.75, 3.05) is 26.4 Å². The third kappa shape index (κ3) is 47.0. The van der Waals surface area contributed by atoms with Crippen molar-refractivity contribution in [3.8, 4) is 0 Å². The monoisotopic (exact) mass is 969 g/mol. The van der Waals surface area contributed by atoms with Crippen molar-refractivity contribution in [3.63, 3.8) is 0 Å². The Morgan fingerprint density at radius 2 is 0.809 bits per heavy atom. The molecule has 68 heavy (non-hydrogen) atoms. The van der Waals surface area contributed by atoms with Crippen molar-refractivity contribution < 1.29 is 52.2 Å². The van der Waals surface area contributed by atoms with E-state index in [-0.39, 0.29) is 25.9 Å². The standard InChI is InChI=1S/C56H89O11P/c1-4-7-10-13-16-19-22-24-25-26-27-29-32-35-38-41-44-47-56(60)67-53(49-63-54(58)45-42-39-36-33-30-21-18-15-12-9-6-3)51-65-68(61,62)64-50-52(48-57)66-55(59)46-43-40-37-34-31-28-23-20-17-14-11-8-5-2/h7-8,10-11,15-20,24-25,27-29,31,35,37-38,40,52-53,57H,4-6,9,12-14,21-23,26,30,32-34,36,39,41-51H2,1-3H3,(H,61,62)/b10-7-,11-8-,18-15-,19-16-,20-17-,25-24-,29-27-,31-28-,38-35-,40-37-. The van der Waals surface area contributed by atoms with Crippen LogP contribution in [0, 0.1) is 0 Å². The Bertz CT molecular complexity index is 1600. The van der Waals surface area contributed by atoms with Gasteiger partial charge in [0.1, 0.15) is 12.7 Å². The molecule has 0 aromatic rings. The molecule has 0 aromatic heterocycles. The number of allylic oxidation sites excluding steroid dienone is 20. The van der Waals surface area contributed by atoms with Crippen molar-refractivity contribution in [1.82, 2.24) is 0 Å². The van der Waals surface area contributed by atoms with E-state index in [9.17, 15) is 28.9 Å². The summed E-state index contributed by atoms with van der Waals surface area (Å²) in [5, 5.41) is 9.75. The molecular formula is C56H89O11P. The van der Waals surface area contributed by atoms with E-state index in [2.05, 4.69) is 112 Å². The third-order valence-electron chi connectivity index (χ3n) is 9.86. The summed E-state index contributed by atoms with van der Waals surface area (Å²) in [6, 6.07) is 0. The normalized spacial score (nSPS) is 14.5. The molecule has 0 aliphatic rings. The summed E-state index contributed by atoms with van der Waals surface area (Å²) < 4.78 is 39.1. The third-order valence-corrected chi connectivity index (χ3v) is 10.8. The zero-order chi connectivity index (χ0) is 49.9. The quantitative estimate of drug-likeness (QED) is 0.0197. The molecule has 0 radical (unpaired) electrons. The van der Waals surface area contributed by atoms with E-state index in [4.69, 9.17) is 23.3 Å². The van der Waals surface area contributed by atoms with Crippen LogP contribution in [0.3, 0.4) is 0 Å². The lowest BCUT2D eigenvalue weighted by Gasteiger charge is -2.21. The van der Waals surface area contributed by atoms with Gasteiger partial charge in [-0.2, -0.15) is 0 Å². The Morgan fingerprint density at radius 3 is 1.32 bits per heavy atom. The van der Waals surface area contributed by atoms with E-state index < -0.39 is 57.8 Å². The first kappa shape index (κ1) is 63.9. The summed E-state index contributed by atoms with van der Waals surface area (Å²) >= 11 is 0. The highest BCUT2D eigenvalue weighted by molar-refractivity contribution is 7.47. The zero-order valence-electron chi connectivity index (χ0n) is 42.0. The molecule has 0 aliphatic carbocycles. The number of carbonyl (C=O) groups is 3. The van der Waals surface area contributed by atoms with Crippen LogP contribution in [-0.4, -0.2) is 66.5 Å². The Morgan fingerprint density at radius 1 is 0.426 bits per heavy atom. The number of hydrogen-bond acceptors (Lipinski definition) is 10. The molecule has 0 bridgehead atoms. The van der Waals surface area contributed by atoms with Crippen molar-refractivity contribution in [2.24, 2.45) is 0 Å². The molecule has 2 N–H and O–H groups in total. The molecule has 384 valence electrons. The van der Waals surface area contributed by atoms with Crippen LogP contribution >= 0.6 is 7.82 Å². The van der Waals surface area contributed by atoms with E-state index >= 15 is 0 Å². The van der Waals surface area contributed by atoms with Crippen molar-refractivity contribution in [2.45, 2.75) is 187 Å². The fourth-order valence-corrected chi connectivity index (χ4v) is 6.81.